The van der Waals surface area contributed by atoms with E-state index in [9.17, 15) is 10.4 Å². The van der Waals surface area contributed by atoms with Crippen LogP contribution in [0.5, 0.6) is 0 Å². The Morgan fingerprint density at radius 2 is 1.91 bits per heavy atom. The number of imidazole rings is 1. The summed E-state index contributed by atoms with van der Waals surface area (Å²) in [4.78, 5) is 13.9. The first-order valence-electron chi connectivity index (χ1n) is 11.2. The molecule has 1 aromatic carbocycles. The van der Waals surface area contributed by atoms with E-state index < -0.39 is 0 Å². The van der Waals surface area contributed by atoms with Gasteiger partial charge in [0.1, 0.15) is 5.52 Å². The maximum Gasteiger partial charge on any atom is 0.225 e. The molecule has 8 nitrogen and oxygen atoms in total. The van der Waals surface area contributed by atoms with E-state index in [0.717, 1.165) is 32.1 Å². The topological polar surface area (TPSA) is 112 Å². The van der Waals surface area contributed by atoms with Crippen molar-refractivity contribution in [2.45, 2.75) is 58.0 Å². The molecule has 1 aliphatic rings. The lowest BCUT2D eigenvalue weighted by Crippen LogP contribution is -2.24. The van der Waals surface area contributed by atoms with Gasteiger partial charge in [0.2, 0.25) is 11.9 Å². The zero-order valence-electron chi connectivity index (χ0n) is 18.6. The van der Waals surface area contributed by atoms with E-state index in [-0.39, 0.29) is 18.7 Å². The average Bonchev–Trinajstić information content (AvgIpc) is 3.17. The number of aromatic nitrogens is 4. The lowest BCUT2D eigenvalue weighted by molar-refractivity contribution is 0.271. The molecule has 33 heavy (non-hydrogen) atoms. The molecule has 3 aromatic rings. The van der Waals surface area contributed by atoms with E-state index in [1.807, 2.05) is 6.92 Å². The summed E-state index contributed by atoms with van der Waals surface area (Å²) in [6.07, 6.45) is 6.71. The zero-order valence-corrected chi connectivity index (χ0v) is 20.2. The van der Waals surface area contributed by atoms with E-state index >= 15 is 0 Å². The Kier molecular flexibility index (Phi) is 7.23. The fourth-order valence-electron chi connectivity index (χ4n) is 4.22. The summed E-state index contributed by atoms with van der Waals surface area (Å²) >= 11 is 12.9. The third kappa shape index (κ3) is 5.01. The Hall–Kier alpha value is -2.60. The van der Waals surface area contributed by atoms with Crippen molar-refractivity contribution in [3.8, 4) is 6.07 Å². The summed E-state index contributed by atoms with van der Waals surface area (Å²) in [6, 6.07) is 5.30. The van der Waals surface area contributed by atoms with Gasteiger partial charge in [-0.05, 0) is 50.2 Å². The van der Waals surface area contributed by atoms with Crippen LogP contribution in [0.1, 0.15) is 57.6 Å². The largest absolute Gasteiger partial charge is 0.394 e. The predicted octanol–water partition coefficient (Wildman–Crippen LogP) is 5.68. The van der Waals surface area contributed by atoms with E-state index in [1.165, 1.54) is 0 Å². The maximum atomic E-state index is 9.55. The number of rotatable bonds is 7. The molecule has 0 spiro atoms. The van der Waals surface area contributed by atoms with Crippen molar-refractivity contribution in [2.75, 3.05) is 17.2 Å². The van der Waals surface area contributed by atoms with Crippen LogP contribution in [-0.2, 0) is 0 Å². The van der Waals surface area contributed by atoms with Crippen LogP contribution in [0, 0.1) is 17.2 Å². The molecule has 0 aliphatic heterocycles. The van der Waals surface area contributed by atoms with Crippen molar-refractivity contribution in [3.05, 3.63) is 33.9 Å². The van der Waals surface area contributed by atoms with Gasteiger partial charge in [0.05, 0.1) is 46.2 Å². The lowest BCUT2D eigenvalue weighted by Gasteiger charge is -2.28. The third-order valence-corrected chi connectivity index (χ3v) is 6.83. The first-order valence-corrected chi connectivity index (χ1v) is 12.0. The lowest BCUT2D eigenvalue weighted by atomic mass is 9.87. The third-order valence-electron chi connectivity index (χ3n) is 6.24. The molecule has 1 aliphatic carbocycles. The van der Waals surface area contributed by atoms with Gasteiger partial charge in [0, 0.05) is 6.04 Å². The molecule has 0 saturated heterocycles. The molecule has 2 aromatic heterocycles. The minimum atomic E-state index is -0.122. The molecule has 2 heterocycles. The summed E-state index contributed by atoms with van der Waals surface area (Å²) in [7, 11) is 0. The maximum absolute atomic E-state index is 9.55. The molecule has 3 N–H and O–H groups in total. The number of fused-ring (bicyclic) bond motifs is 1. The minimum absolute atomic E-state index is 0.000167. The Morgan fingerprint density at radius 1 is 1.21 bits per heavy atom. The minimum Gasteiger partial charge on any atom is -0.394 e. The quantitative estimate of drug-likeness (QED) is 0.392. The highest BCUT2D eigenvalue weighted by Crippen LogP contribution is 2.39. The fraction of sp³-hybridized carbons (Fsp3) is 0.478. The predicted molar refractivity (Wildman–Crippen MR) is 131 cm³/mol. The molecule has 0 unspecified atom stereocenters. The number of hydrogen-bond acceptors (Lipinski definition) is 7. The van der Waals surface area contributed by atoms with Crippen LogP contribution in [0.15, 0.2) is 18.3 Å². The summed E-state index contributed by atoms with van der Waals surface area (Å²) in [6.45, 7) is 4.27. The second-order valence-corrected chi connectivity index (χ2v) is 9.42. The second-order valence-electron chi connectivity index (χ2n) is 8.61. The van der Waals surface area contributed by atoms with Crippen molar-refractivity contribution < 1.29 is 5.11 Å². The fourth-order valence-corrected chi connectivity index (χ4v) is 4.81. The molecule has 0 bridgehead atoms. The van der Waals surface area contributed by atoms with E-state index in [4.69, 9.17) is 33.2 Å². The van der Waals surface area contributed by atoms with E-state index in [1.54, 1.807) is 18.3 Å². The molecule has 174 valence electrons. The molecule has 1 fully saturated rings. The number of halogens is 2. The number of nitriles is 1. The molecule has 1 atom stereocenters. The normalized spacial score (nSPS) is 19.3. The number of benzene rings is 1. The van der Waals surface area contributed by atoms with Crippen LogP contribution in [0.25, 0.3) is 11.2 Å². The van der Waals surface area contributed by atoms with Gasteiger partial charge >= 0.3 is 0 Å². The molecular formula is C23H27Cl2N7O. The Labute approximate surface area is 203 Å². The second kappa shape index (κ2) is 10.1. The number of aliphatic hydroxyl groups excluding tert-OH is 1. The van der Waals surface area contributed by atoms with Crippen molar-refractivity contribution in [1.82, 2.24) is 19.5 Å². The van der Waals surface area contributed by atoms with Crippen LogP contribution in [0.4, 0.5) is 17.6 Å². The number of anilines is 3. The summed E-state index contributed by atoms with van der Waals surface area (Å²) in [5.74, 6) is 1.73. The van der Waals surface area contributed by atoms with Crippen molar-refractivity contribution in [1.29, 1.82) is 5.26 Å². The van der Waals surface area contributed by atoms with Gasteiger partial charge in [-0.2, -0.15) is 10.2 Å². The smallest absolute Gasteiger partial charge is 0.225 e. The molecular weight excluding hydrogens is 461 g/mol. The highest BCUT2D eigenvalue weighted by atomic mass is 35.5. The van der Waals surface area contributed by atoms with Crippen LogP contribution in [0.2, 0.25) is 10.0 Å². The Balaban J connectivity index is 1.78. The van der Waals surface area contributed by atoms with Gasteiger partial charge in [-0.15, -0.1) is 0 Å². The monoisotopic (exact) mass is 487 g/mol. The van der Waals surface area contributed by atoms with Crippen molar-refractivity contribution in [2.24, 2.45) is 5.92 Å². The first kappa shape index (κ1) is 23.6. The van der Waals surface area contributed by atoms with Crippen LogP contribution < -0.4 is 10.6 Å². The molecule has 0 radical (unpaired) electrons. The van der Waals surface area contributed by atoms with Crippen LogP contribution >= 0.6 is 23.2 Å². The van der Waals surface area contributed by atoms with Crippen LogP contribution in [-0.4, -0.2) is 37.3 Å². The average molecular weight is 488 g/mol. The molecule has 0 amide bonds. The standard InChI is InChI=1S/C23H27Cl2N7O/c1-3-15(12-33)28-22-27-11-19-21(31-22)32(16-6-4-13(2)5-7-16)23(29-19)30-20-17(24)8-14(10-26)9-18(20)25/h8-9,11,13,15-16,33H,3-7,12H2,1-2H3,(H,29,30)(H,27,28,31)/t13?,15-,16?/m0/s1. The van der Waals surface area contributed by atoms with E-state index in [0.29, 0.717) is 50.3 Å². The Bertz CT molecular complexity index is 1150. The molecule has 10 heteroatoms. The van der Waals surface area contributed by atoms with Crippen molar-refractivity contribution in [3.63, 3.8) is 0 Å². The summed E-state index contributed by atoms with van der Waals surface area (Å²) < 4.78 is 2.11. The van der Waals surface area contributed by atoms with E-state index in [2.05, 4.69) is 33.2 Å². The SMILES string of the molecule is CC[C@@H](CO)Nc1ncc2nc(Nc3c(Cl)cc(C#N)cc3Cl)n(C3CCC(C)CC3)c2n1. The van der Waals surface area contributed by atoms with Gasteiger partial charge in [-0.3, -0.25) is 4.57 Å². The summed E-state index contributed by atoms with van der Waals surface area (Å²) in [5.41, 5.74) is 2.25. The van der Waals surface area contributed by atoms with Gasteiger partial charge in [-0.25, -0.2) is 9.97 Å². The Morgan fingerprint density at radius 3 is 2.52 bits per heavy atom. The molecule has 1 saturated carbocycles. The van der Waals surface area contributed by atoms with Crippen molar-refractivity contribution >= 4 is 51.9 Å². The van der Waals surface area contributed by atoms with Gasteiger partial charge in [0.25, 0.3) is 0 Å². The summed E-state index contributed by atoms with van der Waals surface area (Å²) in [5, 5.41) is 25.9. The highest BCUT2D eigenvalue weighted by Gasteiger charge is 2.26. The number of nitrogens with one attached hydrogen (secondary N) is 2. The van der Waals surface area contributed by atoms with Gasteiger partial charge < -0.3 is 15.7 Å². The number of hydrogen-bond donors (Lipinski definition) is 3. The van der Waals surface area contributed by atoms with Gasteiger partial charge in [-0.1, -0.05) is 37.0 Å². The first-order chi connectivity index (χ1) is 15.9. The zero-order chi connectivity index (χ0) is 23.5. The van der Waals surface area contributed by atoms with Crippen LogP contribution in [0.3, 0.4) is 0 Å². The number of aliphatic hydroxyl groups is 1. The number of nitrogens with zero attached hydrogens (tertiary/aromatic N) is 5. The highest BCUT2D eigenvalue weighted by molar-refractivity contribution is 6.39. The van der Waals surface area contributed by atoms with Gasteiger partial charge in [0.15, 0.2) is 5.65 Å². The molecule has 4 rings (SSSR count).